The molecule has 0 aromatic heterocycles. The van der Waals surface area contributed by atoms with E-state index in [0.29, 0.717) is 18.4 Å². The van der Waals surface area contributed by atoms with Crippen molar-refractivity contribution in [2.45, 2.75) is 32.6 Å². The summed E-state index contributed by atoms with van der Waals surface area (Å²) in [6.45, 7) is 2.05. The fraction of sp³-hybridized carbons (Fsp3) is 0.429. The van der Waals surface area contributed by atoms with Crippen molar-refractivity contribution in [3.63, 3.8) is 0 Å². The summed E-state index contributed by atoms with van der Waals surface area (Å²) in [5, 5.41) is 0. The lowest BCUT2D eigenvalue weighted by Crippen LogP contribution is -2.06. The molecule has 3 heteroatoms. The van der Waals surface area contributed by atoms with Crippen LogP contribution in [0, 0.1) is 5.92 Å². The Morgan fingerprint density at radius 1 is 1.29 bits per heavy atom. The first-order valence-corrected chi connectivity index (χ1v) is 6.70. The highest BCUT2D eigenvalue weighted by Gasteiger charge is 2.11. The number of carbonyl (C=O) groups is 2. The summed E-state index contributed by atoms with van der Waals surface area (Å²) < 4.78 is 0.964. The van der Waals surface area contributed by atoms with Crippen LogP contribution in [-0.2, 0) is 4.79 Å². The van der Waals surface area contributed by atoms with Gasteiger partial charge in [0, 0.05) is 22.4 Å². The maximum Gasteiger partial charge on any atom is 0.162 e. The molecule has 0 saturated heterocycles. The summed E-state index contributed by atoms with van der Waals surface area (Å²) in [6, 6.07) is 7.33. The first-order chi connectivity index (χ1) is 8.17. The lowest BCUT2D eigenvalue weighted by molar-refractivity contribution is -0.111. The van der Waals surface area contributed by atoms with E-state index in [1.165, 1.54) is 0 Å². The van der Waals surface area contributed by atoms with E-state index in [1.807, 2.05) is 31.2 Å². The topological polar surface area (TPSA) is 34.1 Å². The van der Waals surface area contributed by atoms with Crippen molar-refractivity contribution in [3.05, 3.63) is 34.3 Å². The number of rotatable bonds is 7. The highest BCUT2D eigenvalue weighted by Crippen LogP contribution is 2.16. The van der Waals surface area contributed by atoms with E-state index in [0.717, 1.165) is 23.6 Å². The molecular weight excluding hydrogens is 280 g/mol. The first kappa shape index (κ1) is 14.1. The van der Waals surface area contributed by atoms with E-state index >= 15 is 0 Å². The molecule has 1 aromatic rings. The highest BCUT2D eigenvalue weighted by molar-refractivity contribution is 9.10. The summed E-state index contributed by atoms with van der Waals surface area (Å²) in [7, 11) is 0. The lowest BCUT2D eigenvalue weighted by atomic mass is 9.96. The Kier molecular flexibility index (Phi) is 6.12. The largest absolute Gasteiger partial charge is 0.303 e. The van der Waals surface area contributed by atoms with Gasteiger partial charge in [0.25, 0.3) is 0 Å². The average Bonchev–Trinajstić information content (AvgIpc) is 2.35. The third kappa shape index (κ3) is 4.82. The number of hydrogen-bond acceptors (Lipinski definition) is 2. The minimum atomic E-state index is 0.0272. The van der Waals surface area contributed by atoms with Crippen LogP contribution in [0.15, 0.2) is 28.7 Å². The van der Waals surface area contributed by atoms with Crippen molar-refractivity contribution in [1.82, 2.24) is 0 Å². The zero-order valence-electron chi connectivity index (χ0n) is 9.99. The molecule has 0 saturated carbocycles. The second-order valence-electron chi connectivity index (χ2n) is 4.15. The molecule has 1 rings (SSSR count). The van der Waals surface area contributed by atoms with Crippen molar-refractivity contribution in [2.24, 2.45) is 5.92 Å². The standard InChI is InChI=1S/C14H17BrO2/c1-2-3-11(10-16)4-9-14(17)12-5-7-13(15)8-6-12/h5-8,10-11H,2-4,9H2,1H3. The van der Waals surface area contributed by atoms with Crippen LogP contribution in [0.2, 0.25) is 0 Å². The van der Waals surface area contributed by atoms with Gasteiger partial charge in [-0.1, -0.05) is 41.4 Å². The van der Waals surface area contributed by atoms with E-state index in [2.05, 4.69) is 15.9 Å². The van der Waals surface area contributed by atoms with Crippen LogP contribution < -0.4 is 0 Å². The van der Waals surface area contributed by atoms with Crippen LogP contribution in [-0.4, -0.2) is 12.1 Å². The van der Waals surface area contributed by atoms with Crippen molar-refractivity contribution >= 4 is 28.0 Å². The average molecular weight is 297 g/mol. The monoisotopic (exact) mass is 296 g/mol. The van der Waals surface area contributed by atoms with Crippen molar-refractivity contribution < 1.29 is 9.59 Å². The fourth-order valence-corrected chi connectivity index (χ4v) is 2.01. The zero-order valence-corrected chi connectivity index (χ0v) is 11.6. The number of hydrogen-bond donors (Lipinski definition) is 0. The molecule has 0 amide bonds. The van der Waals surface area contributed by atoms with Gasteiger partial charge >= 0.3 is 0 Å². The Morgan fingerprint density at radius 3 is 2.47 bits per heavy atom. The van der Waals surface area contributed by atoms with E-state index in [1.54, 1.807) is 0 Å². The van der Waals surface area contributed by atoms with Gasteiger partial charge < -0.3 is 4.79 Å². The van der Waals surface area contributed by atoms with Crippen LogP contribution >= 0.6 is 15.9 Å². The highest BCUT2D eigenvalue weighted by atomic mass is 79.9. The normalized spacial score (nSPS) is 12.1. The minimum absolute atomic E-state index is 0.0272. The predicted molar refractivity (Wildman–Crippen MR) is 72.2 cm³/mol. The van der Waals surface area contributed by atoms with Gasteiger partial charge in [0.1, 0.15) is 6.29 Å². The van der Waals surface area contributed by atoms with Crippen molar-refractivity contribution in [3.8, 4) is 0 Å². The quantitative estimate of drug-likeness (QED) is 0.562. The lowest BCUT2D eigenvalue weighted by Gasteiger charge is -2.07. The molecule has 0 radical (unpaired) electrons. The molecule has 1 unspecified atom stereocenters. The van der Waals surface area contributed by atoms with Crippen LogP contribution in [0.25, 0.3) is 0 Å². The molecule has 92 valence electrons. The number of aldehydes is 1. The predicted octanol–water partition coefficient (Wildman–Crippen LogP) is 4.03. The summed E-state index contributed by atoms with van der Waals surface area (Å²) in [5.74, 6) is 0.139. The van der Waals surface area contributed by atoms with Gasteiger partial charge in [0.2, 0.25) is 0 Å². The van der Waals surface area contributed by atoms with Gasteiger partial charge in [0.05, 0.1) is 0 Å². The molecule has 17 heavy (non-hydrogen) atoms. The Hall–Kier alpha value is -0.960. The number of ketones is 1. The Bertz CT molecular complexity index is 370. The molecule has 0 heterocycles. The molecular formula is C14H17BrO2. The van der Waals surface area contributed by atoms with E-state index in [9.17, 15) is 9.59 Å². The molecule has 1 aromatic carbocycles. The summed E-state index contributed by atoms with van der Waals surface area (Å²) in [5.41, 5.74) is 0.717. The Labute approximate surface area is 111 Å². The van der Waals surface area contributed by atoms with Crippen molar-refractivity contribution in [1.29, 1.82) is 0 Å². The molecule has 0 aliphatic rings. The fourth-order valence-electron chi connectivity index (χ4n) is 1.75. The Balaban J connectivity index is 2.49. The van der Waals surface area contributed by atoms with Gasteiger partial charge in [-0.3, -0.25) is 4.79 Å². The molecule has 0 fully saturated rings. The first-order valence-electron chi connectivity index (χ1n) is 5.91. The summed E-state index contributed by atoms with van der Waals surface area (Å²) in [4.78, 5) is 22.6. The van der Waals surface area contributed by atoms with Crippen LogP contribution in [0.3, 0.4) is 0 Å². The maximum atomic E-state index is 11.8. The third-order valence-corrected chi connectivity index (χ3v) is 3.29. The minimum Gasteiger partial charge on any atom is -0.303 e. The maximum absolute atomic E-state index is 11.8. The van der Waals surface area contributed by atoms with Gasteiger partial charge in [-0.25, -0.2) is 0 Å². The van der Waals surface area contributed by atoms with E-state index in [4.69, 9.17) is 0 Å². The number of halogens is 1. The van der Waals surface area contributed by atoms with E-state index < -0.39 is 0 Å². The molecule has 0 bridgehead atoms. The van der Waals surface area contributed by atoms with Crippen LogP contribution in [0.5, 0.6) is 0 Å². The molecule has 2 nitrogen and oxygen atoms in total. The zero-order chi connectivity index (χ0) is 12.7. The number of carbonyl (C=O) groups excluding carboxylic acids is 2. The molecule has 0 aliphatic heterocycles. The second kappa shape index (κ2) is 7.38. The molecule has 0 aliphatic carbocycles. The smallest absolute Gasteiger partial charge is 0.162 e. The SMILES string of the molecule is CCCC(C=O)CCC(=O)c1ccc(Br)cc1. The molecule has 0 spiro atoms. The van der Waals surface area contributed by atoms with Gasteiger partial charge in [-0.2, -0.15) is 0 Å². The molecule has 1 atom stereocenters. The van der Waals surface area contributed by atoms with Crippen molar-refractivity contribution in [2.75, 3.05) is 0 Å². The summed E-state index contributed by atoms with van der Waals surface area (Å²) in [6.07, 6.45) is 3.93. The van der Waals surface area contributed by atoms with Gasteiger partial charge in [-0.15, -0.1) is 0 Å². The van der Waals surface area contributed by atoms with Crippen LogP contribution in [0.1, 0.15) is 43.0 Å². The second-order valence-corrected chi connectivity index (χ2v) is 5.07. The third-order valence-electron chi connectivity index (χ3n) is 2.76. The summed E-state index contributed by atoms with van der Waals surface area (Å²) >= 11 is 3.33. The van der Waals surface area contributed by atoms with E-state index in [-0.39, 0.29) is 11.7 Å². The number of Topliss-reactive ketones (excluding diaryl/α,β-unsaturated/α-hetero) is 1. The van der Waals surface area contributed by atoms with Gasteiger partial charge in [0.15, 0.2) is 5.78 Å². The van der Waals surface area contributed by atoms with Gasteiger partial charge in [-0.05, 0) is 25.0 Å². The molecule has 0 N–H and O–H groups in total. The van der Waals surface area contributed by atoms with Crippen LogP contribution in [0.4, 0.5) is 0 Å². The number of benzene rings is 1. The Morgan fingerprint density at radius 2 is 1.94 bits per heavy atom.